The van der Waals surface area contributed by atoms with Gasteiger partial charge in [-0.2, -0.15) is 0 Å². The van der Waals surface area contributed by atoms with Crippen molar-refractivity contribution < 1.29 is 0 Å². The van der Waals surface area contributed by atoms with Crippen molar-refractivity contribution in [2.24, 2.45) is 52.8 Å². The first kappa shape index (κ1) is 28.2. The number of fused-ring (bicyclic) bond motifs is 4. The summed E-state index contributed by atoms with van der Waals surface area (Å²) in [5.74, 6) is 8.39. The van der Waals surface area contributed by atoms with Crippen LogP contribution in [0.5, 0.6) is 0 Å². The third kappa shape index (κ3) is 5.29. The molecule has 160 valence electrons. The van der Waals surface area contributed by atoms with Crippen molar-refractivity contribution in [1.82, 2.24) is 0 Å². The SMILES string of the molecule is C.C.C.CC1C2CCC(C2)C1C.CC1CC2CC(C1C)C2(C)C.CCC. The maximum atomic E-state index is 2.47. The third-order valence-corrected chi connectivity index (χ3v) is 8.57. The van der Waals surface area contributed by atoms with Gasteiger partial charge in [-0.05, 0) is 84.9 Å². The maximum Gasteiger partial charge on any atom is -0.0295 e. The molecule has 0 nitrogen and oxygen atoms in total. The van der Waals surface area contributed by atoms with Crippen LogP contribution in [0.3, 0.4) is 0 Å². The van der Waals surface area contributed by atoms with E-state index in [1.165, 1.54) is 32.1 Å². The van der Waals surface area contributed by atoms with Crippen LogP contribution < -0.4 is 0 Å². The van der Waals surface area contributed by atoms with E-state index in [9.17, 15) is 0 Å². The second kappa shape index (κ2) is 11.1. The number of hydrogen-bond donors (Lipinski definition) is 0. The smallest absolute Gasteiger partial charge is 0.0295 e. The molecular weight excluding hydrogens is 312 g/mol. The van der Waals surface area contributed by atoms with Crippen molar-refractivity contribution in [3.05, 3.63) is 0 Å². The third-order valence-electron chi connectivity index (χ3n) is 8.57. The summed E-state index contributed by atoms with van der Waals surface area (Å²) in [6.45, 7) is 18.9. The Kier molecular flexibility index (Phi) is 12.1. The van der Waals surface area contributed by atoms with Gasteiger partial charge in [-0.25, -0.2) is 0 Å². The maximum absolute atomic E-state index is 2.47. The zero-order valence-corrected chi connectivity index (χ0v) is 17.4. The first-order valence-corrected chi connectivity index (χ1v) is 10.7. The van der Waals surface area contributed by atoms with Crippen LogP contribution in [0.4, 0.5) is 0 Å². The van der Waals surface area contributed by atoms with E-state index >= 15 is 0 Å². The summed E-state index contributed by atoms with van der Waals surface area (Å²) in [4.78, 5) is 0. The fourth-order valence-electron chi connectivity index (χ4n) is 6.27. The van der Waals surface area contributed by atoms with Crippen molar-refractivity contribution in [1.29, 1.82) is 0 Å². The molecule has 0 aromatic carbocycles. The summed E-state index contributed by atoms with van der Waals surface area (Å²) >= 11 is 0. The van der Waals surface area contributed by atoms with Gasteiger partial charge >= 0.3 is 0 Å². The molecule has 8 unspecified atom stereocenters. The molecule has 0 heterocycles. The van der Waals surface area contributed by atoms with Crippen LogP contribution in [-0.2, 0) is 0 Å². The Hall–Kier alpha value is 0. The van der Waals surface area contributed by atoms with E-state index in [0.29, 0.717) is 5.41 Å². The highest BCUT2D eigenvalue weighted by Crippen LogP contribution is 2.62. The van der Waals surface area contributed by atoms with Crippen LogP contribution >= 0.6 is 0 Å². The van der Waals surface area contributed by atoms with E-state index in [1.54, 1.807) is 6.42 Å². The lowest BCUT2D eigenvalue weighted by Gasteiger charge is -2.61. The summed E-state index contributed by atoms with van der Waals surface area (Å²) in [5.41, 5.74) is 0.686. The molecular formula is C26H56. The highest BCUT2D eigenvalue weighted by molar-refractivity contribution is 5.03. The molecule has 5 rings (SSSR count). The highest BCUT2D eigenvalue weighted by atomic mass is 14.6. The minimum Gasteiger partial charge on any atom is -0.0776 e. The molecule has 5 aliphatic rings. The predicted octanol–water partition coefficient (Wildman–Crippen LogP) is 9.34. The largest absolute Gasteiger partial charge is 0.0776 e. The van der Waals surface area contributed by atoms with Crippen molar-refractivity contribution in [2.45, 2.75) is 116 Å². The average Bonchev–Trinajstić information content (AvgIpc) is 3.07. The van der Waals surface area contributed by atoms with Crippen molar-refractivity contribution in [3.8, 4) is 0 Å². The van der Waals surface area contributed by atoms with Crippen molar-refractivity contribution in [3.63, 3.8) is 0 Å². The van der Waals surface area contributed by atoms with E-state index in [1.807, 2.05) is 0 Å². The Morgan fingerprint density at radius 3 is 1.35 bits per heavy atom. The van der Waals surface area contributed by atoms with Crippen molar-refractivity contribution in [2.75, 3.05) is 0 Å². The Labute approximate surface area is 169 Å². The predicted molar refractivity (Wildman–Crippen MR) is 124 cm³/mol. The molecule has 5 aliphatic carbocycles. The van der Waals surface area contributed by atoms with Gasteiger partial charge in [0.05, 0.1) is 0 Å². The molecule has 26 heavy (non-hydrogen) atoms. The standard InChI is InChI=1S/C11H20.C9H16.C3H8.3CH4/c1-7-5-9-6-10(8(7)2)11(9,3)4;1-6-7(2)9-4-3-8(6)5-9;1-3-2;;;/h7-10H,5-6H2,1-4H3;6-9H,3-5H2,1-2H3;3H2,1-2H3;3*1H4. The lowest BCUT2D eigenvalue weighted by Crippen LogP contribution is -2.54. The number of hydrogen-bond acceptors (Lipinski definition) is 0. The van der Waals surface area contributed by atoms with Gasteiger partial charge in [-0.3, -0.25) is 0 Å². The molecule has 0 aliphatic heterocycles. The van der Waals surface area contributed by atoms with Gasteiger partial charge in [0.1, 0.15) is 0 Å². The molecule has 0 radical (unpaired) electrons. The van der Waals surface area contributed by atoms with Crippen LogP contribution in [0.25, 0.3) is 0 Å². The topological polar surface area (TPSA) is 0 Å². The summed E-state index contributed by atoms with van der Waals surface area (Å²) in [6.07, 6.45) is 8.90. The van der Waals surface area contributed by atoms with Gasteiger partial charge in [0, 0.05) is 0 Å². The van der Waals surface area contributed by atoms with Gasteiger partial charge in [0.15, 0.2) is 0 Å². The van der Waals surface area contributed by atoms with Crippen LogP contribution in [0.2, 0.25) is 0 Å². The summed E-state index contributed by atoms with van der Waals surface area (Å²) in [7, 11) is 0. The van der Waals surface area contributed by atoms with E-state index in [4.69, 9.17) is 0 Å². The fraction of sp³-hybridized carbons (Fsp3) is 1.00. The molecule has 4 bridgehead atoms. The minimum atomic E-state index is 0. The lowest BCUT2D eigenvalue weighted by atomic mass is 9.44. The first-order valence-electron chi connectivity index (χ1n) is 10.7. The molecule has 5 fully saturated rings. The molecule has 0 aromatic heterocycles. The molecule has 5 saturated carbocycles. The molecule has 0 spiro atoms. The Morgan fingerprint density at radius 1 is 0.692 bits per heavy atom. The van der Waals surface area contributed by atoms with Crippen LogP contribution in [-0.4, -0.2) is 0 Å². The normalized spacial score (nSPS) is 42.9. The molecule has 0 N–H and O–H groups in total. The molecule has 0 aromatic rings. The van der Waals surface area contributed by atoms with E-state index in [0.717, 1.165) is 47.3 Å². The Bertz CT molecular complexity index is 350. The first-order chi connectivity index (χ1) is 10.7. The molecule has 8 atom stereocenters. The van der Waals surface area contributed by atoms with Crippen LogP contribution in [0, 0.1) is 52.8 Å². The van der Waals surface area contributed by atoms with Gasteiger partial charge in [-0.1, -0.05) is 84.1 Å². The zero-order valence-electron chi connectivity index (χ0n) is 17.4. The quantitative estimate of drug-likeness (QED) is 0.399. The van der Waals surface area contributed by atoms with Gasteiger partial charge in [0.2, 0.25) is 0 Å². The summed E-state index contributed by atoms with van der Waals surface area (Å²) < 4.78 is 0. The molecule has 0 amide bonds. The summed E-state index contributed by atoms with van der Waals surface area (Å²) in [5, 5.41) is 0. The molecule has 0 heteroatoms. The lowest BCUT2D eigenvalue weighted by molar-refractivity contribution is -0.124. The Morgan fingerprint density at radius 2 is 1.12 bits per heavy atom. The molecule has 0 saturated heterocycles. The fourth-order valence-corrected chi connectivity index (χ4v) is 6.27. The van der Waals surface area contributed by atoms with E-state index in [2.05, 4.69) is 55.4 Å². The Balaban J connectivity index is 0. The minimum absolute atomic E-state index is 0. The second-order valence-corrected chi connectivity index (χ2v) is 10.2. The zero-order chi connectivity index (χ0) is 17.4. The average molecular weight is 369 g/mol. The van der Waals surface area contributed by atoms with Crippen LogP contribution in [0.15, 0.2) is 0 Å². The van der Waals surface area contributed by atoms with E-state index in [-0.39, 0.29) is 22.3 Å². The van der Waals surface area contributed by atoms with Gasteiger partial charge in [-0.15, -0.1) is 0 Å². The van der Waals surface area contributed by atoms with Crippen LogP contribution in [0.1, 0.15) is 116 Å². The van der Waals surface area contributed by atoms with Gasteiger partial charge in [0.25, 0.3) is 0 Å². The van der Waals surface area contributed by atoms with Crippen molar-refractivity contribution >= 4 is 0 Å². The highest BCUT2D eigenvalue weighted by Gasteiger charge is 2.54. The summed E-state index contributed by atoms with van der Waals surface area (Å²) in [6, 6.07) is 0. The second-order valence-electron chi connectivity index (χ2n) is 10.2. The van der Waals surface area contributed by atoms with Gasteiger partial charge < -0.3 is 0 Å². The number of rotatable bonds is 0. The van der Waals surface area contributed by atoms with E-state index < -0.39 is 0 Å². The monoisotopic (exact) mass is 368 g/mol.